The third kappa shape index (κ3) is 5.06. The molecule has 0 N–H and O–H groups in total. The van der Waals surface area contributed by atoms with Crippen LogP contribution in [0.3, 0.4) is 0 Å². The van der Waals surface area contributed by atoms with Gasteiger partial charge in [0, 0.05) is 0 Å². The van der Waals surface area contributed by atoms with Crippen LogP contribution in [-0.4, -0.2) is 18.9 Å². The lowest BCUT2D eigenvalue weighted by Gasteiger charge is -2.18. The zero-order valence-electron chi connectivity index (χ0n) is 17.1. The van der Waals surface area contributed by atoms with Crippen LogP contribution in [0.15, 0.2) is 66.7 Å². The zero-order chi connectivity index (χ0) is 21.3. The number of esters is 1. The fraction of sp³-hybridized carbons (Fsp3) is 0.200. The van der Waals surface area contributed by atoms with Crippen molar-refractivity contribution in [2.75, 3.05) is 6.61 Å². The number of hydrogen-bond donors (Lipinski definition) is 0. The predicted octanol–water partition coefficient (Wildman–Crippen LogP) is 5.14. The van der Waals surface area contributed by atoms with Crippen molar-refractivity contribution in [3.63, 3.8) is 0 Å². The van der Waals surface area contributed by atoms with E-state index >= 15 is 0 Å². The molecule has 5 heteroatoms. The van der Waals surface area contributed by atoms with E-state index in [0.717, 1.165) is 11.1 Å². The molecule has 0 bridgehead atoms. The minimum atomic E-state index is -0.532. The summed E-state index contributed by atoms with van der Waals surface area (Å²) < 4.78 is 17.1. The Hall–Kier alpha value is -3.60. The Balaban J connectivity index is 1.98. The standard InChI is InChI=1S/C25H24O5/c1-3-28-25(27)23-18(2)14-22(29-16-19-10-6-4-7-11-19)21(15-26)24(23)30-17-20-12-8-5-9-13-20/h4-15H,3,16-17H2,1-2H3. The van der Waals surface area contributed by atoms with Gasteiger partial charge in [0.15, 0.2) is 6.29 Å². The Kier molecular flexibility index (Phi) is 7.22. The molecule has 0 saturated heterocycles. The average molecular weight is 404 g/mol. The third-order valence-electron chi connectivity index (χ3n) is 4.54. The minimum Gasteiger partial charge on any atom is -0.488 e. The quantitative estimate of drug-likeness (QED) is 0.365. The summed E-state index contributed by atoms with van der Waals surface area (Å²) >= 11 is 0. The second-order valence-corrected chi connectivity index (χ2v) is 6.70. The average Bonchev–Trinajstić information content (AvgIpc) is 2.77. The highest BCUT2D eigenvalue weighted by Crippen LogP contribution is 2.35. The number of aryl methyl sites for hydroxylation is 1. The number of hydrogen-bond acceptors (Lipinski definition) is 5. The Morgan fingerprint density at radius 2 is 1.47 bits per heavy atom. The van der Waals surface area contributed by atoms with Crippen LogP contribution in [-0.2, 0) is 18.0 Å². The highest BCUT2D eigenvalue weighted by Gasteiger charge is 2.24. The topological polar surface area (TPSA) is 61.8 Å². The van der Waals surface area contributed by atoms with E-state index in [2.05, 4.69) is 0 Å². The molecule has 3 rings (SSSR count). The van der Waals surface area contributed by atoms with Gasteiger partial charge in [-0.2, -0.15) is 0 Å². The van der Waals surface area contributed by atoms with Crippen molar-refractivity contribution in [2.24, 2.45) is 0 Å². The van der Waals surface area contributed by atoms with Crippen molar-refractivity contribution in [1.82, 2.24) is 0 Å². The number of rotatable bonds is 9. The maximum absolute atomic E-state index is 12.6. The molecular weight excluding hydrogens is 380 g/mol. The van der Waals surface area contributed by atoms with Gasteiger partial charge in [0.25, 0.3) is 0 Å². The van der Waals surface area contributed by atoms with Crippen LogP contribution in [0.4, 0.5) is 0 Å². The molecule has 30 heavy (non-hydrogen) atoms. The van der Waals surface area contributed by atoms with E-state index in [1.54, 1.807) is 19.9 Å². The van der Waals surface area contributed by atoms with E-state index in [9.17, 15) is 9.59 Å². The van der Waals surface area contributed by atoms with E-state index in [1.807, 2.05) is 60.7 Å². The summed E-state index contributed by atoms with van der Waals surface area (Å²) in [4.78, 5) is 24.6. The number of ether oxygens (including phenoxy) is 3. The Morgan fingerprint density at radius 1 is 0.900 bits per heavy atom. The minimum absolute atomic E-state index is 0.176. The van der Waals surface area contributed by atoms with Crippen molar-refractivity contribution in [1.29, 1.82) is 0 Å². The molecule has 0 aromatic heterocycles. The van der Waals surface area contributed by atoms with E-state index in [-0.39, 0.29) is 36.7 Å². The van der Waals surface area contributed by atoms with Gasteiger partial charge in [-0.1, -0.05) is 60.7 Å². The smallest absolute Gasteiger partial charge is 0.342 e. The number of carbonyl (C=O) groups excluding carboxylic acids is 2. The molecule has 0 atom stereocenters. The molecule has 0 unspecified atom stereocenters. The molecule has 0 aliphatic carbocycles. The SMILES string of the molecule is CCOC(=O)c1c(C)cc(OCc2ccccc2)c(C=O)c1OCc1ccccc1. The normalized spacial score (nSPS) is 10.3. The molecule has 0 spiro atoms. The van der Waals surface area contributed by atoms with Gasteiger partial charge in [0.05, 0.1) is 12.2 Å². The Bertz CT molecular complexity index is 997. The molecule has 0 fully saturated rings. The molecule has 0 amide bonds. The number of carbonyl (C=O) groups is 2. The first-order chi connectivity index (χ1) is 14.6. The first kappa shape index (κ1) is 21.1. The van der Waals surface area contributed by atoms with Crippen molar-refractivity contribution in [3.8, 4) is 11.5 Å². The fourth-order valence-corrected chi connectivity index (χ4v) is 3.08. The molecule has 154 valence electrons. The Labute approximate surface area is 176 Å². The van der Waals surface area contributed by atoms with Crippen molar-refractivity contribution >= 4 is 12.3 Å². The van der Waals surface area contributed by atoms with Crippen molar-refractivity contribution in [3.05, 3.63) is 94.5 Å². The van der Waals surface area contributed by atoms with Crippen LogP contribution in [0.2, 0.25) is 0 Å². The van der Waals surface area contributed by atoms with Gasteiger partial charge in [-0.15, -0.1) is 0 Å². The van der Waals surface area contributed by atoms with E-state index in [4.69, 9.17) is 14.2 Å². The Morgan fingerprint density at radius 3 is 2.00 bits per heavy atom. The fourth-order valence-electron chi connectivity index (χ4n) is 3.08. The van der Waals surface area contributed by atoms with Gasteiger partial charge in [0.1, 0.15) is 30.3 Å². The summed E-state index contributed by atoms with van der Waals surface area (Å²) in [7, 11) is 0. The summed E-state index contributed by atoms with van der Waals surface area (Å²) in [6.45, 7) is 4.22. The van der Waals surface area contributed by atoms with E-state index in [0.29, 0.717) is 17.6 Å². The summed E-state index contributed by atoms with van der Waals surface area (Å²) in [5.74, 6) is 0.00796. The van der Waals surface area contributed by atoms with Crippen molar-refractivity contribution in [2.45, 2.75) is 27.1 Å². The second kappa shape index (κ2) is 10.3. The van der Waals surface area contributed by atoms with Crippen molar-refractivity contribution < 1.29 is 23.8 Å². The second-order valence-electron chi connectivity index (χ2n) is 6.70. The van der Waals surface area contributed by atoms with Crippen LogP contribution >= 0.6 is 0 Å². The molecule has 0 radical (unpaired) electrons. The molecule has 0 saturated carbocycles. The van der Waals surface area contributed by atoms with E-state index in [1.165, 1.54) is 0 Å². The number of benzene rings is 3. The maximum Gasteiger partial charge on any atom is 0.342 e. The lowest BCUT2D eigenvalue weighted by atomic mass is 10.0. The van der Waals surface area contributed by atoms with Crippen LogP contribution < -0.4 is 9.47 Å². The maximum atomic E-state index is 12.6. The summed E-state index contributed by atoms with van der Waals surface area (Å²) in [5, 5.41) is 0. The van der Waals surface area contributed by atoms with Crippen LogP contribution in [0, 0.1) is 6.92 Å². The summed E-state index contributed by atoms with van der Waals surface area (Å²) in [6.07, 6.45) is 0.656. The highest BCUT2D eigenvalue weighted by atomic mass is 16.5. The third-order valence-corrected chi connectivity index (χ3v) is 4.54. The molecule has 0 heterocycles. The van der Waals surface area contributed by atoms with Crippen LogP contribution in [0.25, 0.3) is 0 Å². The van der Waals surface area contributed by atoms with E-state index < -0.39 is 5.97 Å². The highest BCUT2D eigenvalue weighted by molar-refractivity contribution is 5.99. The molecule has 0 aliphatic heterocycles. The van der Waals surface area contributed by atoms with Gasteiger partial charge >= 0.3 is 5.97 Å². The van der Waals surface area contributed by atoms with Gasteiger partial charge in [-0.05, 0) is 36.6 Å². The largest absolute Gasteiger partial charge is 0.488 e. The van der Waals surface area contributed by atoms with Gasteiger partial charge in [-0.25, -0.2) is 4.79 Å². The van der Waals surface area contributed by atoms with Gasteiger partial charge in [0.2, 0.25) is 0 Å². The predicted molar refractivity (Wildman–Crippen MR) is 114 cm³/mol. The lowest BCUT2D eigenvalue weighted by Crippen LogP contribution is -2.13. The van der Waals surface area contributed by atoms with Gasteiger partial charge < -0.3 is 14.2 Å². The van der Waals surface area contributed by atoms with Crippen LogP contribution in [0.1, 0.15) is 44.3 Å². The van der Waals surface area contributed by atoms with Crippen LogP contribution in [0.5, 0.6) is 11.5 Å². The molecule has 0 aliphatic rings. The lowest BCUT2D eigenvalue weighted by molar-refractivity contribution is 0.0520. The molecule has 3 aromatic rings. The summed E-state index contributed by atoms with van der Waals surface area (Å²) in [5.41, 5.74) is 2.92. The van der Waals surface area contributed by atoms with Gasteiger partial charge in [-0.3, -0.25) is 4.79 Å². The first-order valence-corrected chi connectivity index (χ1v) is 9.77. The number of aldehydes is 1. The molecular formula is C25H24O5. The monoisotopic (exact) mass is 404 g/mol. The molecule has 3 aromatic carbocycles. The zero-order valence-corrected chi connectivity index (χ0v) is 17.1. The molecule has 5 nitrogen and oxygen atoms in total. The first-order valence-electron chi connectivity index (χ1n) is 9.77. The summed E-state index contributed by atoms with van der Waals surface area (Å²) in [6, 6.07) is 20.8.